The summed E-state index contributed by atoms with van der Waals surface area (Å²) < 4.78 is 0.640. The molecule has 2 N–H and O–H groups in total. The van der Waals surface area contributed by atoms with Crippen LogP contribution in [0.2, 0.25) is 0 Å². The zero-order valence-electron chi connectivity index (χ0n) is 16.5. The van der Waals surface area contributed by atoms with Crippen LogP contribution in [0.3, 0.4) is 0 Å². The molecule has 0 radical (unpaired) electrons. The molecule has 30 heavy (non-hydrogen) atoms. The highest BCUT2D eigenvalue weighted by Gasteiger charge is 2.41. The van der Waals surface area contributed by atoms with Gasteiger partial charge < -0.3 is 10.2 Å². The van der Waals surface area contributed by atoms with Crippen molar-refractivity contribution in [3.63, 3.8) is 0 Å². The van der Waals surface area contributed by atoms with Gasteiger partial charge in [-0.25, -0.2) is 9.78 Å². The Labute approximate surface area is 186 Å². The number of rotatable bonds is 2. The highest BCUT2D eigenvalue weighted by atomic mass is 79.9. The number of piperazine rings is 1. The molecule has 0 aliphatic carbocycles. The molecule has 5 heterocycles. The number of fused-ring (bicyclic) bond motifs is 2. The van der Waals surface area contributed by atoms with Crippen LogP contribution in [-0.4, -0.2) is 73.5 Å². The van der Waals surface area contributed by atoms with Gasteiger partial charge in [0.15, 0.2) is 9.73 Å². The van der Waals surface area contributed by atoms with Crippen LogP contribution in [0.1, 0.15) is 41.5 Å². The predicted molar refractivity (Wildman–Crippen MR) is 117 cm³/mol. The van der Waals surface area contributed by atoms with Crippen molar-refractivity contribution in [2.75, 3.05) is 25.0 Å². The number of anilines is 1. The zero-order valence-corrected chi connectivity index (χ0v) is 18.9. The summed E-state index contributed by atoms with van der Waals surface area (Å²) in [4.78, 5) is 36.1. The van der Waals surface area contributed by atoms with Crippen LogP contribution in [0, 0.1) is 0 Å². The number of hydrogen-bond acceptors (Lipinski definition) is 6. The monoisotopic (exact) mass is 491 g/mol. The second-order valence-corrected chi connectivity index (χ2v) is 10.1. The Kier molecular flexibility index (Phi) is 4.91. The number of hydrogen-bond donors (Lipinski definition) is 2. The van der Waals surface area contributed by atoms with E-state index in [1.165, 1.54) is 17.8 Å². The van der Waals surface area contributed by atoms with Gasteiger partial charge in [0.25, 0.3) is 5.91 Å². The molecular weight excluding hydrogens is 470 g/mol. The number of halogens is 1. The van der Waals surface area contributed by atoms with Crippen LogP contribution in [0.4, 0.5) is 10.6 Å². The van der Waals surface area contributed by atoms with Crippen LogP contribution in [-0.2, 0) is 6.54 Å². The van der Waals surface area contributed by atoms with Gasteiger partial charge in [-0.2, -0.15) is 5.10 Å². The second-order valence-electron chi connectivity index (χ2n) is 7.97. The molecule has 9 nitrogen and oxygen atoms in total. The van der Waals surface area contributed by atoms with Crippen LogP contribution in [0.15, 0.2) is 15.9 Å². The third-order valence-electron chi connectivity index (χ3n) is 6.15. The molecule has 5 rings (SSSR count). The number of nitrogens with zero attached hydrogens (tertiary/aromatic N) is 5. The number of urea groups is 1. The predicted octanol–water partition coefficient (Wildman–Crippen LogP) is 2.96. The van der Waals surface area contributed by atoms with Gasteiger partial charge in [-0.1, -0.05) is 6.58 Å². The van der Waals surface area contributed by atoms with Crippen LogP contribution in [0.5, 0.6) is 0 Å². The van der Waals surface area contributed by atoms with Gasteiger partial charge in [-0.05, 0) is 42.2 Å². The first kappa shape index (κ1) is 19.7. The first-order valence-corrected chi connectivity index (χ1v) is 11.6. The Morgan fingerprint density at radius 2 is 2.23 bits per heavy atom. The van der Waals surface area contributed by atoms with Gasteiger partial charge in [-0.15, -0.1) is 11.3 Å². The fourth-order valence-corrected chi connectivity index (χ4v) is 5.56. The summed E-state index contributed by atoms with van der Waals surface area (Å²) in [6, 6.07) is 0.566. The van der Waals surface area contributed by atoms with Gasteiger partial charge in [-0.3, -0.25) is 19.7 Å². The Morgan fingerprint density at radius 3 is 3.00 bits per heavy atom. The van der Waals surface area contributed by atoms with E-state index in [0.29, 0.717) is 39.4 Å². The minimum absolute atomic E-state index is 0.0376. The largest absolute Gasteiger partial charge is 0.325 e. The lowest BCUT2D eigenvalue weighted by molar-refractivity contribution is 0.0701. The average molecular weight is 492 g/mol. The molecule has 0 aromatic carbocycles. The zero-order chi connectivity index (χ0) is 21.0. The van der Waals surface area contributed by atoms with Gasteiger partial charge in [0, 0.05) is 36.1 Å². The minimum Gasteiger partial charge on any atom is -0.319 e. The smallest absolute Gasteiger partial charge is 0.319 e. The fourth-order valence-electron chi connectivity index (χ4n) is 4.57. The van der Waals surface area contributed by atoms with Crippen LogP contribution in [0.25, 0.3) is 5.70 Å². The molecule has 0 bridgehead atoms. The van der Waals surface area contributed by atoms with Crippen molar-refractivity contribution in [3.05, 3.63) is 32.8 Å². The summed E-state index contributed by atoms with van der Waals surface area (Å²) in [5, 5.41) is 11.6. The number of amides is 3. The van der Waals surface area contributed by atoms with Crippen molar-refractivity contribution in [1.29, 1.82) is 0 Å². The summed E-state index contributed by atoms with van der Waals surface area (Å²) in [7, 11) is 0. The maximum Gasteiger partial charge on any atom is 0.325 e. The van der Waals surface area contributed by atoms with E-state index in [1.807, 2.05) is 4.90 Å². The number of nitrogens with one attached hydrogen (secondary N) is 2. The van der Waals surface area contributed by atoms with Gasteiger partial charge in [0.05, 0.1) is 17.9 Å². The molecule has 3 aliphatic heterocycles. The van der Waals surface area contributed by atoms with E-state index in [4.69, 9.17) is 0 Å². The molecule has 158 valence electrons. The van der Waals surface area contributed by atoms with Crippen molar-refractivity contribution in [2.45, 2.75) is 38.4 Å². The van der Waals surface area contributed by atoms with Crippen LogP contribution < -0.4 is 5.32 Å². The molecule has 2 atom stereocenters. The Bertz CT molecular complexity index is 1030. The first-order valence-electron chi connectivity index (χ1n) is 9.93. The topological polar surface area (TPSA) is 97.5 Å². The summed E-state index contributed by atoms with van der Waals surface area (Å²) in [5.41, 5.74) is 2.35. The number of carbonyl (C=O) groups is 2. The molecule has 3 amide bonds. The third-order valence-corrected chi connectivity index (χ3v) is 7.52. The van der Waals surface area contributed by atoms with E-state index in [9.17, 15) is 9.59 Å². The van der Waals surface area contributed by atoms with Crippen molar-refractivity contribution in [1.82, 2.24) is 29.9 Å². The second kappa shape index (κ2) is 7.47. The third kappa shape index (κ3) is 3.25. The molecular formula is C19H22BrN7O2S. The Morgan fingerprint density at radius 1 is 1.40 bits per heavy atom. The normalized spacial score (nSPS) is 23.6. The van der Waals surface area contributed by atoms with Gasteiger partial charge in [0.1, 0.15) is 5.69 Å². The van der Waals surface area contributed by atoms with Crippen molar-refractivity contribution >= 4 is 50.7 Å². The molecule has 11 heteroatoms. The molecule has 1 unspecified atom stereocenters. The maximum atomic E-state index is 13.4. The highest BCUT2D eigenvalue weighted by Crippen LogP contribution is 2.36. The molecule has 3 aliphatic rings. The molecule has 2 fully saturated rings. The molecule has 0 saturated carbocycles. The van der Waals surface area contributed by atoms with E-state index in [0.717, 1.165) is 31.6 Å². The van der Waals surface area contributed by atoms with E-state index in [-0.39, 0.29) is 18.0 Å². The minimum atomic E-state index is -0.340. The number of aromatic nitrogens is 3. The van der Waals surface area contributed by atoms with Gasteiger partial charge in [0.2, 0.25) is 0 Å². The maximum absolute atomic E-state index is 13.4. The van der Waals surface area contributed by atoms with Crippen molar-refractivity contribution in [2.24, 2.45) is 0 Å². The Hall–Kier alpha value is -2.24. The van der Waals surface area contributed by atoms with E-state index in [1.54, 1.807) is 10.3 Å². The van der Waals surface area contributed by atoms with E-state index < -0.39 is 0 Å². The number of carbonyl (C=O) groups excluding carboxylic acids is 2. The molecule has 2 saturated heterocycles. The molecule has 2 aromatic heterocycles. The van der Waals surface area contributed by atoms with Gasteiger partial charge >= 0.3 is 6.03 Å². The van der Waals surface area contributed by atoms with E-state index in [2.05, 4.69) is 54.8 Å². The lowest BCUT2D eigenvalue weighted by Crippen LogP contribution is -2.58. The number of thiazole rings is 1. The standard InChI is InChI=1S/C19H22BrN7O2S/c1-10-6-25-5-3-4-12(25)7-26(10)19(29)27-8-13-15(11(27)2)23-24-16(13)22-17(28)14-9-30-18(20)21-14/h9-10,12H,2-8H2,1H3,(H2,22,23,24,28)/t10-,12?/m0/s1. The summed E-state index contributed by atoms with van der Waals surface area (Å²) in [6.07, 6.45) is 2.34. The lowest BCUT2D eigenvalue weighted by atomic mass is 10.1. The Balaban J connectivity index is 1.32. The number of H-pyrrole nitrogens is 1. The fraction of sp³-hybridized carbons (Fsp3) is 0.474. The number of aromatic amines is 1. The molecule has 0 spiro atoms. The summed E-state index contributed by atoms with van der Waals surface area (Å²) in [5.74, 6) is 0.0665. The van der Waals surface area contributed by atoms with Crippen LogP contribution >= 0.6 is 27.3 Å². The average Bonchev–Trinajstić information content (AvgIpc) is 3.48. The summed E-state index contributed by atoms with van der Waals surface area (Å²) in [6.45, 7) is 9.32. The van der Waals surface area contributed by atoms with Crippen molar-refractivity contribution in [3.8, 4) is 0 Å². The quantitative estimate of drug-likeness (QED) is 0.672. The van der Waals surface area contributed by atoms with E-state index >= 15 is 0 Å². The summed E-state index contributed by atoms with van der Waals surface area (Å²) >= 11 is 4.60. The lowest BCUT2D eigenvalue weighted by Gasteiger charge is -2.43. The molecule has 2 aromatic rings. The van der Waals surface area contributed by atoms with Crippen molar-refractivity contribution < 1.29 is 9.59 Å². The SMILES string of the molecule is C=C1c2[nH]nc(NC(=O)c3csc(Br)n3)c2CN1C(=O)N1CC2CCCN2C[C@@H]1C. The highest BCUT2D eigenvalue weighted by molar-refractivity contribution is 9.11. The first-order chi connectivity index (χ1) is 14.4.